The molecule has 10 aliphatic rings. The first-order valence-electron chi connectivity index (χ1n) is 27.2. The Morgan fingerprint density at radius 1 is 0.521 bits per heavy atom. The van der Waals surface area contributed by atoms with Gasteiger partial charge in [-0.05, 0) is 111 Å². The van der Waals surface area contributed by atoms with E-state index in [2.05, 4.69) is 27.7 Å². The third kappa shape index (κ3) is 9.70. The smallest absolute Gasteiger partial charge is 0.187 e. The topological polar surface area (TPSA) is 335 Å². The fraction of sp³-hybridized carbons (Fsp3) is 1.00. The van der Waals surface area contributed by atoms with Crippen molar-refractivity contribution in [2.45, 2.75) is 240 Å². The molecule has 0 radical (unpaired) electrons. The van der Waals surface area contributed by atoms with Gasteiger partial charge in [0, 0.05) is 12.3 Å². The zero-order valence-corrected chi connectivity index (χ0v) is 42.6. The summed E-state index contributed by atoms with van der Waals surface area (Å²) in [6, 6.07) is 0. The molecule has 0 amide bonds. The number of ether oxygens (including phenoxy) is 10. The molecule has 73 heavy (non-hydrogen) atoms. The number of fused-ring (bicyclic) bond motifs is 7. The van der Waals surface area contributed by atoms with Crippen LogP contribution in [0.25, 0.3) is 0 Å². The van der Waals surface area contributed by atoms with Crippen LogP contribution >= 0.6 is 0 Å². The van der Waals surface area contributed by atoms with E-state index in [4.69, 9.17) is 47.4 Å². The van der Waals surface area contributed by atoms with E-state index < -0.39 is 148 Å². The number of aliphatic hydroxyl groups excluding tert-OH is 12. The van der Waals surface area contributed by atoms with Crippen LogP contribution in [0.1, 0.15) is 98.8 Å². The lowest BCUT2D eigenvalue weighted by atomic mass is 9.44. The van der Waals surface area contributed by atoms with Crippen molar-refractivity contribution in [3.63, 3.8) is 0 Å². The van der Waals surface area contributed by atoms with Crippen LogP contribution in [0.5, 0.6) is 0 Å². The molecule has 4 saturated carbocycles. The monoisotopic (exact) mass is 1050 g/mol. The van der Waals surface area contributed by atoms with Gasteiger partial charge in [-0.15, -0.1) is 0 Å². The Kier molecular flexibility index (Phi) is 16.2. The van der Waals surface area contributed by atoms with Crippen LogP contribution in [-0.4, -0.2) is 229 Å². The maximum atomic E-state index is 11.9. The Morgan fingerprint density at radius 3 is 1.79 bits per heavy atom. The summed E-state index contributed by atoms with van der Waals surface area (Å²) >= 11 is 0. The number of rotatable bonds is 11. The number of hydrogen-bond donors (Lipinski definition) is 12. The molecule has 6 aliphatic heterocycles. The summed E-state index contributed by atoms with van der Waals surface area (Å²) in [6.45, 7) is 9.91. The molecule has 0 bridgehead atoms. The molecule has 0 unspecified atom stereocenters. The van der Waals surface area contributed by atoms with E-state index in [1.807, 2.05) is 0 Å². The molecule has 32 atom stereocenters. The third-order valence-electron chi connectivity index (χ3n) is 20.3. The van der Waals surface area contributed by atoms with Gasteiger partial charge in [0.25, 0.3) is 0 Å². The molecule has 0 aromatic heterocycles. The molecular weight excluding hydrogens is 965 g/mol. The molecule has 10 rings (SSSR count). The van der Waals surface area contributed by atoms with Crippen LogP contribution < -0.4 is 0 Å². The average Bonchev–Trinajstić information content (AvgIpc) is 3.82. The van der Waals surface area contributed by atoms with Gasteiger partial charge in [-0.3, -0.25) is 0 Å². The lowest BCUT2D eigenvalue weighted by Crippen LogP contribution is -2.66. The van der Waals surface area contributed by atoms with E-state index in [1.165, 1.54) is 6.92 Å². The van der Waals surface area contributed by atoms with Gasteiger partial charge in [0.05, 0.1) is 44.7 Å². The summed E-state index contributed by atoms with van der Waals surface area (Å²) in [5, 5.41) is 129. The van der Waals surface area contributed by atoms with Crippen molar-refractivity contribution in [1.82, 2.24) is 0 Å². The van der Waals surface area contributed by atoms with Crippen molar-refractivity contribution in [3.05, 3.63) is 0 Å². The van der Waals surface area contributed by atoms with Gasteiger partial charge in [0.15, 0.2) is 30.9 Å². The first kappa shape index (κ1) is 55.4. The van der Waals surface area contributed by atoms with Crippen LogP contribution in [0.4, 0.5) is 0 Å². The highest BCUT2D eigenvalue weighted by molar-refractivity contribution is 5.15. The minimum absolute atomic E-state index is 0.0671. The Bertz CT molecular complexity index is 1860. The lowest BCUT2D eigenvalue weighted by Gasteiger charge is -2.61. The highest BCUT2D eigenvalue weighted by Gasteiger charge is 2.69. The SMILES string of the molecule is C[C@H]1CC[C@@]2(OC1)O[C@H]1C[C@H]3[C@@H]4CC[C@@H]5C[C@H](O[C@@H]6O[C@H](CO[C@@H]7O[C@H](CO)[C@@H](O)[C@H](O)[C@H]7O)[C@@H](O[C@@H]7O[C@H](CO[C@@H]8O[C@@H](C)[C@H](O)[C@@H](O)[C@H]8O)[C@@H](O)[C@H](O)[C@H]7O)[C@H](O)[C@H]6O)CC[C@]5(C)[C@H]4CC[C@]3(C)[C@H]1[C@@H]2C. The van der Waals surface area contributed by atoms with Crippen LogP contribution in [0.2, 0.25) is 0 Å². The van der Waals surface area contributed by atoms with Gasteiger partial charge in [0.2, 0.25) is 0 Å². The molecule has 22 nitrogen and oxygen atoms in total. The highest BCUT2D eigenvalue weighted by atomic mass is 16.8. The molecule has 6 heterocycles. The average molecular weight is 1050 g/mol. The second-order valence-corrected chi connectivity index (χ2v) is 24.4. The van der Waals surface area contributed by atoms with Crippen molar-refractivity contribution in [2.75, 3.05) is 26.4 Å². The summed E-state index contributed by atoms with van der Waals surface area (Å²) in [5.74, 6) is 2.95. The van der Waals surface area contributed by atoms with E-state index >= 15 is 0 Å². The Balaban J connectivity index is 0.810. The highest BCUT2D eigenvalue weighted by Crippen LogP contribution is 2.71. The number of aliphatic hydroxyl groups is 12. The van der Waals surface area contributed by atoms with E-state index in [0.717, 1.165) is 58.0 Å². The predicted molar refractivity (Wildman–Crippen MR) is 247 cm³/mol. The van der Waals surface area contributed by atoms with Crippen molar-refractivity contribution in [1.29, 1.82) is 0 Å². The molecule has 22 heteroatoms. The zero-order chi connectivity index (χ0) is 52.2. The molecule has 6 saturated heterocycles. The summed E-state index contributed by atoms with van der Waals surface area (Å²) in [4.78, 5) is 0. The fourth-order valence-corrected chi connectivity index (χ4v) is 15.9. The minimum Gasteiger partial charge on any atom is -0.394 e. The van der Waals surface area contributed by atoms with Gasteiger partial charge < -0.3 is 109 Å². The van der Waals surface area contributed by atoms with Gasteiger partial charge in [-0.1, -0.05) is 27.7 Å². The molecule has 12 N–H and O–H groups in total. The largest absolute Gasteiger partial charge is 0.394 e. The zero-order valence-electron chi connectivity index (χ0n) is 42.6. The Morgan fingerprint density at radius 2 is 1.11 bits per heavy atom. The van der Waals surface area contributed by atoms with Crippen molar-refractivity contribution in [3.8, 4) is 0 Å². The normalized spacial score (nSPS) is 58.2. The summed E-state index contributed by atoms with van der Waals surface area (Å²) in [7, 11) is 0. The maximum Gasteiger partial charge on any atom is 0.187 e. The van der Waals surface area contributed by atoms with Crippen LogP contribution in [-0.2, 0) is 47.4 Å². The Hall–Kier alpha value is -0.880. The number of hydrogen-bond acceptors (Lipinski definition) is 22. The Labute approximate surface area is 426 Å². The molecule has 4 aliphatic carbocycles. The van der Waals surface area contributed by atoms with E-state index in [1.54, 1.807) is 0 Å². The molecule has 0 aromatic rings. The summed E-state index contributed by atoms with van der Waals surface area (Å²) in [5.41, 5.74) is 0.255. The molecule has 10 fully saturated rings. The van der Waals surface area contributed by atoms with Crippen molar-refractivity contribution >= 4 is 0 Å². The second kappa shape index (κ2) is 21.3. The molecule has 1 spiro atoms. The molecular formula is C51H84O22. The van der Waals surface area contributed by atoms with Gasteiger partial charge in [-0.25, -0.2) is 0 Å². The molecule has 420 valence electrons. The van der Waals surface area contributed by atoms with E-state index in [9.17, 15) is 61.3 Å². The van der Waals surface area contributed by atoms with Crippen molar-refractivity contribution < 1.29 is 109 Å². The summed E-state index contributed by atoms with van der Waals surface area (Å²) in [6.07, 6.45) is -22.7. The van der Waals surface area contributed by atoms with E-state index in [-0.39, 0.29) is 23.0 Å². The van der Waals surface area contributed by atoms with Gasteiger partial charge >= 0.3 is 0 Å². The minimum atomic E-state index is -1.95. The maximum absolute atomic E-state index is 11.9. The third-order valence-corrected chi connectivity index (χ3v) is 20.3. The first-order chi connectivity index (χ1) is 34.6. The van der Waals surface area contributed by atoms with Gasteiger partial charge in [0.1, 0.15) is 91.6 Å². The van der Waals surface area contributed by atoms with Crippen LogP contribution in [0, 0.1) is 52.3 Å². The molecule has 0 aromatic carbocycles. The van der Waals surface area contributed by atoms with Crippen molar-refractivity contribution in [2.24, 2.45) is 52.3 Å². The van der Waals surface area contributed by atoms with Gasteiger partial charge in [-0.2, -0.15) is 0 Å². The lowest BCUT2D eigenvalue weighted by molar-refractivity contribution is -0.374. The second-order valence-electron chi connectivity index (χ2n) is 24.4. The quantitative estimate of drug-likeness (QED) is 0.101. The standard InChI is InChI=1S/C51H84O22/c1-20-8-13-51(66-17-20)21(2)32-28(73-51)15-27-25-7-6-23-14-24(9-11-49(23,4)26(25)10-12-50(27,32)5)68-47-43(63)39(59)44(31(71-47)19-65-46-41(61)37(57)34(54)29(16-52)69-46)72-48-42(62)38(58)35(55)30(70-48)18-64-45-40(60)36(56)33(53)22(3)67-45/h20-48,52-63H,6-19H2,1-5H3/t20-,21-,22-,23+,24+,25+,26-,27-,28-,29+,30+,31+,32-,33-,34+,35+,36+,37-,38-,39+,40+,41+,42+,43+,44+,45+,46+,47+,48-,49-,50-,51+/m0/s1. The van der Waals surface area contributed by atoms with E-state index in [0.29, 0.717) is 54.3 Å². The first-order valence-corrected chi connectivity index (χ1v) is 27.2. The fourth-order valence-electron chi connectivity index (χ4n) is 15.9. The van der Waals surface area contributed by atoms with Crippen LogP contribution in [0.15, 0.2) is 0 Å². The summed E-state index contributed by atoms with van der Waals surface area (Å²) < 4.78 is 61.0. The van der Waals surface area contributed by atoms with Crippen LogP contribution in [0.3, 0.4) is 0 Å². The predicted octanol–water partition coefficient (Wildman–Crippen LogP) is -1.88.